The Balaban J connectivity index is 1.65. The second-order valence-electron chi connectivity index (χ2n) is 8.04. The summed E-state index contributed by atoms with van der Waals surface area (Å²) in [6.45, 7) is 2.20. The molecule has 7 nitrogen and oxygen atoms in total. The average Bonchev–Trinajstić information content (AvgIpc) is 3.35. The Labute approximate surface area is 188 Å². The van der Waals surface area contributed by atoms with E-state index in [0.717, 1.165) is 16.7 Å². The summed E-state index contributed by atoms with van der Waals surface area (Å²) in [5.41, 5.74) is 4.87. The van der Waals surface area contributed by atoms with Crippen molar-refractivity contribution in [1.29, 1.82) is 0 Å². The van der Waals surface area contributed by atoms with Gasteiger partial charge in [-0.05, 0) is 30.2 Å². The minimum Gasteiger partial charge on any atom is -0.322 e. The second kappa shape index (κ2) is 7.98. The van der Waals surface area contributed by atoms with Crippen molar-refractivity contribution < 1.29 is 14.1 Å². The first kappa shape index (κ1) is 20.6. The van der Waals surface area contributed by atoms with Crippen LogP contribution < -0.4 is 0 Å². The number of nitrogens with zero attached hydrogens (tertiary/aromatic N) is 3. The minimum absolute atomic E-state index is 0.0597. The van der Waals surface area contributed by atoms with E-state index in [1.807, 2.05) is 31.2 Å². The Morgan fingerprint density at radius 2 is 1.82 bits per heavy atom. The number of rotatable bonds is 5. The lowest BCUT2D eigenvalue weighted by Gasteiger charge is -2.26. The van der Waals surface area contributed by atoms with Crippen molar-refractivity contribution in [2.75, 3.05) is 0 Å². The number of benzene rings is 3. The topological polar surface area (TPSA) is 92.1 Å². The summed E-state index contributed by atoms with van der Waals surface area (Å²) in [5, 5.41) is 18.7. The predicted octanol–water partition coefficient (Wildman–Crippen LogP) is 5.18. The molecule has 1 amide bonds. The highest BCUT2D eigenvalue weighted by Gasteiger charge is 2.42. The molecule has 1 unspecified atom stereocenters. The molecule has 0 aliphatic carbocycles. The lowest BCUT2D eigenvalue weighted by Crippen LogP contribution is -2.29. The van der Waals surface area contributed by atoms with E-state index in [4.69, 9.17) is 0 Å². The minimum atomic E-state index is -0.590. The van der Waals surface area contributed by atoms with Gasteiger partial charge in [-0.15, -0.1) is 0 Å². The van der Waals surface area contributed by atoms with Crippen LogP contribution in [0, 0.1) is 22.9 Å². The molecular weight excluding hydrogens is 423 g/mol. The van der Waals surface area contributed by atoms with E-state index in [-0.39, 0.29) is 24.0 Å². The van der Waals surface area contributed by atoms with E-state index in [1.54, 1.807) is 29.2 Å². The first-order valence-electron chi connectivity index (χ1n) is 10.4. The summed E-state index contributed by atoms with van der Waals surface area (Å²) in [7, 11) is 0. The molecule has 5 rings (SSSR count). The number of halogens is 1. The van der Waals surface area contributed by atoms with E-state index in [0.29, 0.717) is 22.5 Å². The third kappa shape index (κ3) is 3.65. The highest BCUT2D eigenvalue weighted by atomic mass is 19.1. The van der Waals surface area contributed by atoms with Gasteiger partial charge >= 0.3 is 0 Å². The number of nitro groups is 1. The highest BCUT2D eigenvalue weighted by Crippen LogP contribution is 2.44. The first-order valence-corrected chi connectivity index (χ1v) is 10.4. The fourth-order valence-corrected chi connectivity index (χ4v) is 4.23. The van der Waals surface area contributed by atoms with Gasteiger partial charge in [0.25, 0.3) is 11.6 Å². The molecule has 0 bridgehead atoms. The van der Waals surface area contributed by atoms with Crippen molar-refractivity contribution in [3.05, 3.63) is 117 Å². The molecule has 1 aliphatic rings. The van der Waals surface area contributed by atoms with Crippen molar-refractivity contribution in [3.8, 4) is 11.3 Å². The number of nitrogens with one attached hydrogen (secondary N) is 1. The second-order valence-corrected chi connectivity index (χ2v) is 8.04. The number of aromatic nitrogens is 2. The summed E-state index contributed by atoms with van der Waals surface area (Å²) in [6.07, 6.45) is 0. The Morgan fingerprint density at radius 3 is 2.52 bits per heavy atom. The van der Waals surface area contributed by atoms with Crippen molar-refractivity contribution in [1.82, 2.24) is 15.1 Å². The lowest BCUT2D eigenvalue weighted by atomic mass is 9.95. The zero-order valence-corrected chi connectivity index (χ0v) is 17.7. The van der Waals surface area contributed by atoms with Crippen LogP contribution in [-0.4, -0.2) is 25.9 Å². The van der Waals surface area contributed by atoms with Gasteiger partial charge < -0.3 is 4.90 Å². The fraction of sp³-hybridized carbons (Fsp3) is 0.120. The van der Waals surface area contributed by atoms with Gasteiger partial charge in [0.1, 0.15) is 11.5 Å². The number of carbonyl (C=O) groups is 1. The summed E-state index contributed by atoms with van der Waals surface area (Å²) in [4.78, 5) is 26.0. The van der Waals surface area contributed by atoms with Gasteiger partial charge in [-0.25, -0.2) is 4.39 Å². The number of aryl methyl sites for hydroxylation is 1. The van der Waals surface area contributed by atoms with Gasteiger partial charge in [0, 0.05) is 29.8 Å². The van der Waals surface area contributed by atoms with Crippen LogP contribution in [0.4, 0.5) is 10.1 Å². The van der Waals surface area contributed by atoms with E-state index < -0.39 is 11.0 Å². The zero-order chi connectivity index (χ0) is 23.1. The number of hydrogen-bond acceptors (Lipinski definition) is 4. The molecule has 1 aliphatic heterocycles. The largest absolute Gasteiger partial charge is 0.322 e. The summed E-state index contributed by atoms with van der Waals surface area (Å²) in [5.74, 6) is -0.630. The quantitative estimate of drug-likeness (QED) is 0.341. The SMILES string of the molecule is Cc1ccc(-c2n[nH]c3c2C(c2cccc([N+](=O)[O-])c2)N(Cc2ccc(F)cc2)C3=O)cc1. The van der Waals surface area contributed by atoms with Gasteiger partial charge in [0.2, 0.25) is 0 Å². The van der Waals surface area contributed by atoms with E-state index in [2.05, 4.69) is 10.2 Å². The number of hydrogen-bond donors (Lipinski definition) is 1. The summed E-state index contributed by atoms with van der Waals surface area (Å²) in [6, 6.07) is 19.4. The molecule has 0 saturated carbocycles. The Kier molecular flexibility index (Phi) is 4.97. The van der Waals surface area contributed by atoms with Crippen LogP contribution in [0.2, 0.25) is 0 Å². The maximum atomic E-state index is 13.4. The Bertz CT molecular complexity index is 1360. The van der Waals surface area contributed by atoms with Crippen molar-refractivity contribution >= 4 is 11.6 Å². The number of H-pyrrole nitrogens is 1. The molecule has 3 aromatic carbocycles. The van der Waals surface area contributed by atoms with Gasteiger partial charge in [0.05, 0.1) is 16.7 Å². The molecule has 33 heavy (non-hydrogen) atoms. The zero-order valence-electron chi connectivity index (χ0n) is 17.7. The van der Waals surface area contributed by atoms with Gasteiger partial charge in [-0.2, -0.15) is 5.10 Å². The third-order valence-electron chi connectivity index (χ3n) is 5.85. The average molecular weight is 442 g/mol. The molecule has 0 saturated heterocycles. The van der Waals surface area contributed by atoms with E-state index >= 15 is 0 Å². The maximum Gasteiger partial charge on any atom is 0.273 e. The monoisotopic (exact) mass is 442 g/mol. The van der Waals surface area contributed by atoms with Crippen LogP contribution in [0.15, 0.2) is 72.8 Å². The molecule has 0 radical (unpaired) electrons. The number of aromatic amines is 1. The molecule has 0 fully saturated rings. The van der Waals surface area contributed by atoms with Crippen LogP contribution >= 0.6 is 0 Å². The molecule has 8 heteroatoms. The molecule has 0 spiro atoms. The van der Waals surface area contributed by atoms with Gasteiger partial charge in [0.15, 0.2) is 0 Å². The Hall–Kier alpha value is -4.33. The molecule has 2 heterocycles. The van der Waals surface area contributed by atoms with Crippen molar-refractivity contribution in [2.45, 2.75) is 19.5 Å². The summed E-state index contributed by atoms with van der Waals surface area (Å²) >= 11 is 0. The van der Waals surface area contributed by atoms with E-state index in [9.17, 15) is 19.3 Å². The van der Waals surface area contributed by atoms with Gasteiger partial charge in [-0.3, -0.25) is 20.0 Å². The third-order valence-corrected chi connectivity index (χ3v) is 5.85. The van der Waals surface area contributed by atoms with Crippen molar-refractivity contribution in [2.24, 2.45) is 0 Å². The number of nitro benzene ring substituents is 1. The molecule has 1 N–H and O–H groups in total. The maximum absolute atomic E-state index is 13.4. The summed E-state index contributed by atoms with van der Waals surface area (Å²) < 4.78 is 13.4. The molecule has 4 aromatic rings. The normalized spacial score (nSPS) is 15.0. The predicted molar refractivity (Wildman–Crippen MR) is 120 cm³/mol. The van der Waals surface area contributed by atoms with Gasteiger partial charge in [-0.1, -0.05) is 54.1 Å². The smallest absolute Gasteiger partial charge is 0.273 e. The van der Waals surface area contributed by atoms with Crippen LogP contribution in [0.25, 0.3) is 11.3 Å². The van der Waals surface area contributed by atoms with Crippen molar-refractivity contribution in [3.63, 3.8) is 0 Å². The molecular formula is C25H19FN4O3. The number of carbonyl (C=O) groups excluding carboxylic acids is 1. The first-order chi connectivity index (χ1) is 15.9. The molecule has 164 valence electrons. The lowest BCUT2D eigenvalue weighted by molar-refractivity contribution is -0.384. The van der Waals surface area contributed by atoms with Crippen LogP contribution in [0.3, 0.4) is 0 Å². The van der Waals surface area contributed by atoms with E-state index in [1.165, 1.54) is 24.3 Å². The standard InChI is InChI=1S/C25H19FN4O3/c1-15-5-9-17(10-6-15)22-21-23(28-27-22)25(31)29(14-16-7-11-19(26)12-8-16)24(21)18-3-2-4-20(13-18)30(32)33/h2-13,24H,14H2,1H3,(H,27,28). The fourth-order valence-electron chi connectivity index (χ4n) is 4.23. The number of non-ortho nitro benzene ring substituents is 1. The van der Waals surface area contributed by atoms with Crippen LogP contribution in [0.1, 0.15) is 38.8 Å². The molecule has 1 atom stereocenters. The van der Waals surface area contributed by atoms with Crippen LogP contribution in [-0.2, 0) is 6.54 Å². The Morgan fingerprint density at radius 1 is 1.09 bits per heavy atom. The number of fused-ring (bicyclic) bond motifs is 1. The number of amides is 1. The molecule has 1 aromatic heterocycles. The van der Waals surface area contributed by atoms with Crippen LogP contribution in [0.5, 0.6) is 0 Å². The highest BCUT2D eigenvalue weighted by molar-refractivity contribution is 6.00.